The van der Waals surface area contributed by atoms with E-state index in [1.807, 2.05) is 0 Å². The summed E-state index contributed by atoms with van der Waals surface area (Å²) in [6, 6.07) is 7.54. The van der Waals surface area contributed by atoms with E-state index in [9.17, 15) is 26.8 Å². The van der Waals surface area contributed by atoms with Crippen molar-refractivity contribution in [3.8, 4) is 0 Å². The molecule has 3 N–H and O–H groups in total. The first-order valence-corrected chi connectivity index (χ1v) is 11.2. The number of anilines is 1. The minimum atomic E-state index is -3.71. The smallest absolute Gasteiger partial charge is 0.257 e. The first kappa shape index (κ1) is 22.8. The third-order valence-corrected chi connectivity index (χ3v) is 6.25. The van der Waals surface area contributed by atoms with Crippen LogP contribution in [-0.2, 0) is 14.8 Å². The normalized spacial score (nSPS) is 14.9. The molecule has 0 aromatic heterocycles. The Kier molecular flexibility index (Phi) is 6.71. The van der Waals surface area contributed by atoms with Crippen LogP contribution in [0.25, 0.3) is 0 Å². The zero-order chi connectivity index (χ0) is 22.8. The van der Waals surface area contributed by atoms with Crippen molar-refractivity contribution in [2.75, 3.05) is 5.32 Å². The first-order chi connectivity index (χ1) is 14.6. The van der Waals surface area contributed by atoms with Gasteiger partial charge in [0.05, 0.1) is 4.90 Å². The molecule has 3 rings (SSSR count). The molecule has 0 bridgehead atoms. The molecule has 10 heteroatoms. The highest BCUT2D eigenvalue weighted by atomic mass is 32.2. The van der Waals surface area contributed by atoms with Gasteiger partial charge in [-0.1, -0.05) is 26.0 Å². The van der Waals surface area contributed by atoms with E-state index in [1.54, 1.807) is 13.8 Å². The summed E-state index contributed by atoms with van der Waals surface area (Å²) < 4.78 is 55.1. The topological polar surface area (TPSA) is 104 Å². The lowest BCUT2D eigenvalue weighted by Gasteiger charge is -2.22. The van der Waals surface area contributed by atoms with E-state index < -0.39 is 51.0 Å². The van der Waals surface area contributed by atoms with Crippen LogP contribution in [0.5, 0.6) is 0 Å². The average Bonchev–Trinajstić information content (AvgIpc) is 3.49. The number of benzene rings is 2. The molecule has 0 spiro atoms. The monoisotopic (exact) mass is 451 g/mol. The van der Waals surface area contributed by atoms with Gasteiger partial charge in [0.2, 0.25) is 15.9 Å². The number of carbonyl (C=O) groups is 2. The predicted molar refractivity (Wildman–Crippen MR) is 111 cm³/mol. The SMILES string of the molecule is CC(C)C(NC(=O)c1c(F)cccc1F)C(=O)Nc1cccc(S(=O)(=O)NC2CC2)c1. The second-order valence-electron chi connectivity index (χ2n) is 7.70. The fraction of sp³-hybridized carbons (Fsp3) is 0.333. The largest absolute Gasteiger partial charge is 0.340 e. The van der Waals surface area contributed by atoms with Gasteiger partial charge in [-0.2, -0.15) is 0 Å². The highest BCUT2D eigenvalue weighted by Gasteiger charge is 2.29. The van der Waals surface area contributed by atoms with Gasteiger partial charge in [0.15, 0.2) is 0 Å². The molecular weight excluding hydrogens is 428 g/mol. The standard InChI is InChI=1S/C21H23F2N3O4S/c1-12(2)19(25-20(27)18-16(22)7-4-8-17(18)23)21(28)24-14-5-3-6-15(11-14)31(29,30)26-13-9-10-13/h3-8,11-13,19,26H,9-10H2,1-2H3,(H,24,28)(H,25,27). The van der Waals surface area contributed by atoms with Gasteiger partial charge in [0.1, 0.15) is 23.2 Å². The highest BCUT2D eigenvalue weighted by molar-refractivity contribution is 7.89. The molecule has 1 saturated carbocycles. The first-order valence-electron chi connectivity index (χ1n) is 9.76. The predicted octanol–water partition coefficient (Wildman–Crippen LogP) is 2.80. The van der Waals surface area contributed by atoms with Crippen LogP contribution in [0.4, 0.5) is 14.5 Å². The van der Waals surface area contributed by atoms with E-state index in [0.29, 0.717) is 0 Å². The third kappa shape index (κ3) is 5.65. The van der Waals surface area contributed by atoms with E-state index in [1.165, 1.54) is 24.3 Å². The molecule has 2 aromatic rings. The quantitative estimate of drug-likeness (QED) is 0.574. The molecule has 2 amide bonds. The van der Waals surface area contributed by atoms with Crippen molar-refractivity contribution < 1.29 is 26.8 Å². The van der Waals surface area contributed by atoms with Gasteiger partial charge in [0.25, 0.3) is 5.91 Å². The maximum absolute atomic E-state index is 13.9. The van der Waals surface area contributed by atoms with Crippen LogP contribution < -0.4 is 15.4 Å². The number of sulfonamides is 1. The van der Waals surface area contributed by atoms with Gasteiger partial charge >= 0.3 is 0 Å². The summed E-state index contributed by atoms with van der Waals surface area (Å²) >= 11 is 0. The van der Waals surface area contributed by atoms with Crippen molar-refractivity contribution in [3.05, 3.63) is 59.7 Å². The highest BCUT2D eigenvalue weighted by Crippen LogP contribution is 2.23. The zero-order valence-electron chi connectivity index (χ0n) is 17.0. The van der Waals surface area contributed by atoms with Crippen molar-refractivity contribution in [1.82, 2.24) is 10.0 Å². The summed E-state index contributed by atoms with van der Waals surface area (Å²) in [4.78, 5) is 25.2. The van der Waals surface area contributed by atoms with Crippen LogP contribution >= 0.6 is 0 Å². The lowest BCUT2D eigenvalue weighted by Crippen LogP contribution is -2.47. The lowest BCUT2D eigenvalue weighted by molar-refractivity contribution is -0.118. The molecule has 7 nitrogen and oxygen atoms in total. The van der Waals surface area contributed by atoms with Gasteiger partial charge < -0.3 is 10.6 Å². The van der Waals surface area contributed by atoms with Gasteiger partial charge in [-0.25, -0.2) is 21.9 Å². The Labute approximate surface area is 179 Å². The van der Waals surface area contributed by atoms with Crippen molar-refractivity contribution in [1.29, 1.82) is 0 Å². The Hall–Kier alpha value is -2.85. The van der Waals surface area contributed by atoms with Gasteiger partial charge in [-0.15, -0.1) is 0 Å². The number of hydrogen-bond donors (Lipinski definition) is 3. The van der Waals surface area contributed by atoms with Crippen molar-refractivity contribution in [2.45, 2.75) is 43.7 Å². The van der Waals surface area contributed by atoms with Crippen molar-refractivity contribution in [2.24, 2.45) is 5.92 Å². The summed E-state index contributed by atoms with van der Waals surface area (Å²) in [5, 5.41) is 4.91. The van der Waals surface area contributed by atoms with E-state index >= 15 is 0 Å². The van der Waals surface area contributed by atoms with Crippen molar-refractivity contribution in [3.63, 3.8) is 0 Å². The average molecular weight is 451 g/mol. The molecule has 166 valence electrons. The molecular formula is C21H23F2N3O4S. The Morgan fingerprint density at radius 2 is 1.65 bits per heavy atom. The molecule has 0 saturated heterocycles. The molecule has 1 aliphatic carbocycles. The van der Waals surface area contributed by atoms with Crippen LogP contribution in [0.3, 0.4) is 0 Å². The summed E-state index contributed by atoms with van der Waals surface area (Å²) in [5.74, 6) is -4.20. The second kappa shape index (κ2) is 9.11. The van der Waals surface area contributed by atoms with Gasteiger partial charge in [-0.3, -0.25) is 9.59 Å². The van der Waals surface area contributed by atoms with Crippen molar-refractivity contribution >= 4 is 27.5 Å². The van der Waals surface area contributed by atoms with E-state index in [-0.39, 0.29) is 16.6 Å². The summed E-state index contributed by atoms with van der Waals surface area (Å²) in [6.07, 6.45) is 1.57. The molecule has 31 heavy (non-hydrogen) atoms. The van der Waals surface area contributed by atoms with Crippen LogP contribution in [0.15, 0.2) is 47.4 Å². The molecule has 2 aromatic carbocycles. The minimum absolute atomic E-state index is 0.00393. The number of carbonyl (C=O) groups excluding carboxylic acids is 2. The lowest BCUT2D eigenvalue weighted by atomic mass is 10.0. The third-order valence-electron chi connectivity index (χ3n) is 4.74. The fourth-order valence-electron chi connectivity index (χ4n) is 2.91. The molecule has 1 aliphatic rings. The zero-order valence-corrected chi connectivity index (χ0v) is 17.8. The number of nitrogens with one attached hydrogen (secondary N) is 3. The molecule has 1 atom stereocenters. The minimum Gasteiger partial charge on any atom is -0.340 e. The maximum atomic E-state index is 13.9. The van der Waals surface area contributed by atoms with Gasteiger partial charge in [0, 0.05) is 11.7 Å². The number of halogens is 2. The Bertz CT molecular complexity index is 1080. The maximum Gasteiger partial charge on any atom is 0.257 e. The Morgan fingerprint density at radius 1 is 1.03 bits per heavy atom. The summed E-state index contributed by atoms with van der Waals surface area (Å²) in [7, 11) is -3.71. The Balaban J connectivity index is 1.75. The fourth-order valence-corrected chi connectivity index (χ4v) is 4.26. The molecule has 1 fully saturated rings. The van der Waals surface area contributed by atoms with Crippen LogP contribution in [0.2, 0.25) is 0 Å². The molecule has 0 radical (unpaired) electrons. The summed E-state index contributed by atoms with van der Waals surface area (Å²) in [5.41, 5.74) is -0.569. The van der Waals surface area contributed by atoms with E-state index in [0.717, 1.165) is 31.0 Å². The molecule has 0 heterocycles. The van der Waals surface area contributed by atoms with Crippen LogP contribution in [-0.4, -0.2) is 32.3 Å². The second-order valence-corrected chi connectivity index (χ2v) is 9.42. The van der Waals surface area contributed by atoms with E-state index in [2.05, 4.69) is 15.4 Å². The number of hydrogen-bond acceptors (Lipinski definition) is 4. The summed E-state index contributed by atoms with van der Waals surface area (Å²) in [6.45, 7) is 3.31. The molecule has 1 unspecified atom stereocenters. The van der Waals surface area contributed by atoms with Crippen LogP contribution in [0.1, 0.15) is 37.0 Å². The number of rotatable bonds is 8. The number of amides is 2. The Morgan fingerprint density at radius 3 is 2.23 bits per heavy atom. The molecule has 0 aliphatic heterocycles. The van der Waals surface area contributed by atoms with Crippen LogP contribution in [0, 0.1) is 17.6 Å². The van der Waals surface area contributed by atoms with Gasteiger partial charge in [-0.05, 0) is 49.1 Å². The van der Waals surface area contributed by atoms with E-state index in [4.69, 9.17) is 0 Å².